The van der Waals surface area contributed by atoms with Crippen molar-refractivity contribution >= 4 is 21.7 Å². The lowest BCUT2D eigenvalue weighted by Crippen LogP contribution is -2.13. The first-order chi connectivity index (χ1) is 8.31. The van der Waals surface area contributed by atoms with Crippen molar-refractivity contribution in [3.63, 3.8) is 0 Å². The summed E-state index contributed by atoms with van der Waals surface area (Å²) in [4.78, 5) is 10.8. The third kappa shape index (κ3) is 3.01. The van der Waals surface area contributed by atoms with E-state index in [-0.39, 0.29) is 11.8 Å². The first-order valence-electron chi connectivity index (χ1n) is 5.61. The standard InChI is InChI=1S/C12H15NO4S/c1-18(16,17)13-10-4-2-9(3-5-10)12(6-7-12)8-11(14)15/h2-5,13H,6-8H2,1H3,(H,14,15). The Morgan fingerprint density at radius 3 is 2.28 bits per heavy atom. The van der Waals surface area contributed by atoms with Gasteiger partial charge >= 0.3 is 5.97 Å². The summed E-state index contributed by atoms with van der Waals surface area (Å²) in [5, 5.41) is 8.87. The van der Waals surface area contributed by atoms with Crippen LogP contribution in [0.4, 0.5) is 5.69 Å². The monoisotopic (exact) mass is 269 g/mol. The Hall–Kier alpha value is -1.56. The van der Waals surface area contributed by atoms with Crippen LogP contribution in [0.2, 0.25) is 0 Å². The minimum atomic E-state index is -3.27. The molecule has 1 fully saturated rings. The minimum absolute atomic E-state index is 0.131. The average Bonchev–Trinajstić information content (AvgIpc) is 2.96. The number of aliphatic carboxylic acids is 1. The van der Waals surface area contributed by atoms with Crippen LogP contribution in [-0.2, 0) is 20.2 Å². The van der Waals surface area contributed by atoms with Gasteiger partial charge < -0.3 is 5.11 Å². The Morgan fingerprint density at radius 2 is 1.89 bits per heavy atom. The van der Waals surface area contributed by atoms with Gasteiger partial charge in [0.2, 0.25) is 10.0 Å². The number of benzene rings is 1. The Balaban J connectivity index is 2.16. The van der Waals surface area contributed by atoms with E-state index in [1.54, 1.807) is 24.3 Å². The van der Waals surface area contributed by atoms with Crippen LogP contribution < -0.4 is 4.72 Å². The third-order valence-electron chi connectivity index (χ3n) is 3.14. The van der Waals surface area contributed by atoms with E-state index in [4.69, 9.17) is 5.11 Å². The van der Waals surface area contributed by atoms with Crippen molar-refractivity contribution in [1.29, 1.82) is 0 Å². The Morgan fingerprint density at radius 1 is 1.33 bits per heavy atom. The molecule has 0 spiro atoms. The minimum Gasteiger partial charge on any atom is -0.481 e. The zero-order valence-corrected chi connectivity index (χ0v) is 10.8. The quantitative estimate of drug-likeness (QED) is 0.849. The van der Waals surface area contributed by atoms with Gasteiger partial charge in [0.1, 0.15) is 0 Å². The molecule has 98 valence electrons. The molecule has 1 aromatic rings. The van der Waals surface area contributed by atoms with Crippen molar-refractivity contribution in [2.24, 2.45) is 0 Å². The molecule has 0 aromatic heterocycles. The molecule has 6 heteroatoms. The van der Waals surface area contributed by atoms with Gasteiger partial charge in [0.05, 0.1) is 12.7 Å². The number of carboxylic acids is 1. The summed E-state index contributed by atoms with van der Waals surface area (Å²) in [6.45, 7) is 0. The van der Waals surface area contributed by atoms with Gasteiger partial charge in [-0.3, -0.25) is 9.52 Å². The van der Waals surface area contributed by atoms with Gasteiger partial charge in [-0.1, -0.05) is 12.1 Å². The van der Waals surface area contributed by atoms with E-state index in [2.05, 4.69) is 4.72 Å². The molecule has 0 radical (unpaired) electrons. The van der Waals surface area contributed by atoms with Crippen LogP contribution in [0.25, 0.3) is 0 Å². The van der Waals surface area contributed by atoms with Crippen LogP contribution >= 0.6 is 0 Å². The smallest absolute Gasteiger partial charge is 0.304 e. The summed E-state index contributed by atoms with van der Waals surface area (Å²) < 4.78 is 24.5. The topological polar surface area (TPSA) is 83.5 Å². The SMILES string of the molecule is CS(=O)(=O)Nc1ccc(C2(CC(=O)O)CC2)cc1. The number of carboxylic acid groups (broad SMARTS) is 1. The molecular weight excluding hydrogens is 254 g/mol. The van der Waals surface area contributed by atoms with Crippen LogP contribution in [0.5, 0.6) is 0 Å². The first-order valence-corrected chi connectivity index (χ1v) is 7.50. The molecule has 0 unspecified atom stereocenters. The maximum Gasteiger partial charge on any atom is 0.304 e. The van der Waals surface area contributed by atoms with Gasteiger partial charge in [0.25, 0.3) is 0 Å². The fraction of sp³-hybridized carbons (Fsp3) is 0.417. The van der Waals surface area contributed by atoms with Gasteiger partial charge in [-0.05, 0) is 30.5 Å². The van der Waals surface area contributed by atoms with E-state index in [1.165, 1.54) is 0 Å². The van der Waals surface area contributed by atoms with Gasteiger partial charge in [-0.15, -0.1) is 0 Å². The van der Waals surface area contributed by atoms with Crippen molar-refractivity contribution in [3.8, 4) is 0 Å². The molecule has 1 aliphatic rings. The van der Waals surface area contributed by atoms with E-state index < -0.39 is 16.0 Å². The lowest BCUT2D eigenvalue weighted by molar-refractivity contribution is -0.137. The molecule has 0 aliphatic heterocycles. The molecule has 2 rings (SSSR count). The number of carbonyl (C=O) groups is 1. The molecule has 0 atom stereocenters. The summed E-state index contributed by atoms with van der Waals surface area (Å²) in [6.07, 6.45) is 2.97. The second-order valence-corrected chi connectivity index (χ2v) is 6.55. The lowest BCUT2D eigenvalue weighted by Gasteiger charge is -2.13. The van der Waals surface area contributed by atoms with Gasteiger partial charge in [-0.2, -0.15) is 0 Å². The summed E-state index contributed by atoms with van der Waals surface area (Å²) in [5.74, 6) is -0.800. The average molecular weight is 269 g/mol. The number of sulfonamides is 1. The molecule has 0 heterocycles. The molecule has 0 amide bonds. The van der Waals surface area contributed by atoms with Gasteiger partial charge in [0, 0.05) is 11.1 Å². The van der Waals surface area contributed by atoms with Crippen molar-refractivity contribution in [2.45, 2.75) is 24.7 Å². The normalized spacial score (nSPS) is 17.2. The Kier molecular flexibility index (Phi) is 3.06. The zero-order chi connectivity index (χ0) is 13.4. The van der Waals surface area contributed by atoms with Crippen LogP contribution in [0.1, 0.15) is 24.8 Å². The molecule has 1 saturated carbocycles. The van der Waals surface area contributed by atoms with E-state index >= 15 is 0 Å². The van der Waals surface area contributed by atoms with E-state index in [0.29, 0.717) is 5.69 Å². The molecule has 0 bridgehead atoms. The molecule has 1 aromatic carbocycles. The van der Waals surface area contributed by atoms with E-state index in [1.807, 2.05) is 0 Å². The van der Waals surface area contributed by atoms with E-state index in [0.717, 1.165) is 24.7 Å². The largest absolute Gasteiger partial charge is 0.481 e. The van der Waals surface area contributed by atoms with Gasteiger partial charge in [-0.25, -0.2) is 8.42 Å². The Labute approximate surface area is 106 Å². The van der Waals surface area contributed by atoms with Crippen molar-refractivity contribution < 1.29 is 18.3 Å². The van der Waals surface area contributed by atoms with Crippen molar-refractivity contribution in [3.05, 3.63) is 29.8 Å². The lowest BCUT2D eigenvalue weighted by atomic mass is 9.92. The molecule has 1 aliphatic carbocycles. The third-order valence-corrected chi connectivity index (χ3v) is 3.75. The highest BCUT2D eigenvalue weighted by Gasteiger charge is 2.45. The second-order valence-electron chi connectivity index (χ2n) is 4.80. The summed E-state index contributed by atoms with van der Waals surface area (Å²) in [6, 6.07) is 6.92. The number of hydrogen-bond donors (Lipinski definition) is 2. The summed E-state index contributed by atoms with van der Waals surface area (Å²) >= 11 is 0. The summed E-state index contributed by atoms with van der Waals surface area (Å²) in [5.41, 5.74) is 1.21. The Bertz CT molecular complexity index is 558. The van der Waals surface area contributed by atoms with Crippen LogP contribution in [0.15, 0.2) is 24.3 Å². The van der Waals surface area contributed by atoms with Gasteiger partial charge in [0.15, 0.2) is 0 Å². The molecule has 5 nitrogen and oxygen atoms in total. The fourth-order valence-corrected chi connectivity index (χ4v) is 2.68. The second kappa shape index (κ2) is 4.28. The number of anilines is 1. The van der Waals surface area contributed by atoms with Crippen LogP contribution in [0, 0.1) is 0 Å². The molecule has 0 saturated heterocycles. The molecule has 18 heavy (non-hydrogen) atoms. The highest BCUT2D eigenvalue weighted by molar-refractivity contribution is 7.92. The molecule has 2 N–H and O–H groups in total. The zero-order valence-electron chi connectivity index (χ0n) is 10.0. The number of nitrogens with one attached hydrogen (secondary N) is 1. The predicted octanol–water partition coefficient (Wildman–Crippen LogP) is 1.56. The highest BCUT2D eigenvalue weighted by Crippen LogP contribution is 2.51. The maximum atomic E-state index is 11.1. The number of rotatable bonds is 5. The number of hydrogen-bond acceptors (Lipinski definition) is 3. The first kappa shape index (κ1) is 12.9. The fourth-order valence-electron chi connectivity index (χ4n) is 2.11. The maximum absolute atomic E-state index is 11.1. The van der Waals surface area contributed by atoms with Crippen molar-refractivity contribution in [1.82, 2.24) is 0 Å². The highest BCUT2D eigenvalue weighted by atomic mass is 32.2. The van der Waals surface area contributed by atoms with Crippen molar-refractivity contribution in [2.75, 3.05) is 11.0 Å². The van der Waals surface area contributed by atoms with Crippen LogP contribution in [0.3, 0.4) is 0 Å². The molecular formula is C12H15NO4S. The van der Waals surface area contributed by atoms with Crippen LogP contribution in [-0.4, -0.2) is 25.7 Å². The summed E-state index contributed by atoms with van der Waals surface area (Å²) in [7, 11) is -3.27. The van der Waals surface area contributed by atoms with E-state index in [9.17, 15) is 13.2 Å². The predicted molar refractivity (Wildman–Crippen MR) is 68.1 cm³/mol.